The van der Waals surface area contributed by atoms with Crippen LogP contribution in [0.5, 0.6) is 0 Å². The van der Waals surface area contributed by atoms with Crippen LogP contribution < -0.4 is 5.73 Å². The van der Waals surface area contributed by atoms with Crippen LogP contribution in [0, 0.1) is 10.1 Å². The summed E-state index contributed by atoms with van der Waals surface area (Å²) in [6.07, 6.45) is 1.08. The van der Waals surface area contributed by atoms with E-state index in [1.54, 1.807) is 0 Å². The molecule has 0 saturated heterocycles. The van der Waals surface area contributed by atoms with Crippen LogP contribution in [0.15, 0.2) is 6.20 Å². The van der Waals surface area contributed by atoms with E-state index in [1.165, 1.54) is 6.92 Å². The fourth-order valence-corrected chi connectivity index (χ4v) is 1.97. The van der Waals surface area contributed by atoms with Gasteiger partial charge in [-0.15, -0.1) is 0 Å². The normalized spacial score (nSPS) is 11.4. The van der Waals surface area contributed by atoms with E-state index in [2.05, 4.69) is 5.10 Å². The molecule has 0 spiro atoms. The lowest BCUT2D eigenvalue weighted by molar-refractivity contribution is -0.390. The Balaban J connectivity index is 2.96. The number of primary amides is 1. The molecule has 0 bridgehead atoms. The Morgan fingerprint density at radius 3 is 2.61 bits per heavy atom. The van der Waals surface area contributed by atoms with Crippen LogP contribution >= 0.6 is 0 Å². The van der Waals surface area contributed by atoms with E-state index in [1.807, 2.05) is 0 Å². The number of sulfone groups is 1. The Labute approximate surface area is 103 Å². The van der Waals surface area contributed by atoms with Crippen LogP contribution in [0.4, 0.5) is 5.82 Å². The van der Waals surface area contributed by atoms with Crippen LogP contribution in [-0.4, -0.2) is 40.5 Å². The molecular weight excluding hydrogens is 264 g/mol. The standard InChI is InChI=1S/C8H12N4O5S/c1-2-18(16,17)4-3-11-5-6(7(9)13)8(10-11)12(14)15/h5H,2-4H2,1H3,(H2,9,13). The first-order valence-electron chi connectivity index (χ1n) is 4.99. The fourth-order valence-electron chi connectivity index (χ4n) is 1.21. The smallest absolute Gasteiger partial charge is 0.365 e. The van der Waals surface area contributed by atoms with Crippen molar-refractivity contribution in [2.45, 2.75) is 13.5 Å². The number of hydrogen-bond donors (Lipinski definition) is 1. The second-order valence-electron chi connectivity index (χ2n) is 3.49. The maximum Gasteiger partial charge on any atom is 0.402 e. The zero-order valence-corrected chi connectivity index (χ0v) is 10.4. The van der Waals surface area contributed by atoms with Crippen molar-refractivity contribution in [2.24, 2.45) is 5.73 Å². The van der Waals surface area contributed by atoms with E-state index in [9.17, 15) is 23.3 Å². The molecule has 1 amide bonds. The summed E-state index contributed by atoms with van der Waals surface area (Å²) in [6.45, 7) is 1.43. The molecule has 0 saturated carbocycles. The maximum absolute atomic E-state index is 11.3. The van der Waals surface area contributed by atoms with E-state index in [0.29, 0.717) is 0 Å². The summed E-state index contributed by atoms with van der Waals surface area (Å²) in [5, 5.41) is 14.1. The number of rotatable bonds is 6. The fraction of sp³-hybridized carbons (Fsp3) is 0.500. The highest BCUT2D eigenvalue weighted by molar-refractivity contribution is 7.91. The van der Waals surface area contributed by atoms with Gasteiger partial charge in [0.25, 0.3) is 5.91 Å². The highest BCUT2D eigenvalue weighted by Gasteiger charge is 2.25. The summed E-state index contributed by atoms with van der Waals surface area (Å²) >= 11 is 0. The molecule has 0 atom stereocenters. The van der Waals surface area contributed by atoms with Gasteiger partial charge in [-0.2, -0.15) is 4.68 Å². The number of carbonyl (C=O) groups is 1. The van der Waals surface area contributed by atoms with E-state index in [4.69, 9.17) is 5.73 Å². The van der Waals surface area contributed by atoms with E-state index >= 15 is 0 Å². The van der Waals surface area contributed by atoms with Crippen LogP contribution in [-0.2, 0) is 16.4 Å². The molecule has 0 aliphatic carbocycles. The molecule has 10 heteroatoms. The van der Waals surface area contributed by atoms with Gasteiger partial charge in [0.1, 0.15) is 0 Å². The highest BCUT2D eigenvalue weighted by atomic mass is 32.2. The topological polar surface area (TPSA) is 138 Å². The zero-order chi connectivity index (χ0) is 13.9. The number of nitrogens with zero attached hydrogens (tertiary/aromatic N) is 3. The van der Waals surface area contributed by atoms with Gasteiger partial charge >= 0.3 is 5.82 Å². The second kappa shape index (κ2) is 5.12. The van der Waals surface area contributed by atoms with Crippen molar-refractivity contribution in [2.75, 3.05) is 11.5 Å². The monoisotopic (exact) mass is 276 g/mol. The SMILES string of the molecule is CCS(=O)(=O)CCn1cc(C(N)=O)c([N+](=O)[O-])n1. The van der Waals surface area contributed by atoms with Crippen molar-refractivity contribution in [3.05, 3.63) is 21.9 Å². The molecule has 0 aromatic carbocycles. The Hall–Kier alpha value is -1.97. The minimum absolute atomic E-state index is 0.0287. The average Bonchev–Trinajstić information content (AvgIpc) is 2.71. The summed E-state index contributed by atoms with van der Waals surface area (Å²) < 4.78 is 23.6. The van der Waals surface area contributed by atoms with E-state index < -0.39 is 26.5 Å². The number of amides is 1. The largest absolute Gasteiger partial charge is 0.402 e. The number of carbonyl (C=O) groups excluding carboxylic acids is 1. The van der Waals surface area contributed by atoms with Gasteiger partial charge in [0, 0.05) is 5.75 Å². The van der Waals surface area contributed by atoms with E-state index in [-0.39, 0.29) is 23.6 Å². The van der Waals surface area contributed by atoms with Crippen molar-refractivity contribution in [1.82, 2.24) is 9.78 Å². The lowest BCUT2D eigenvalue weighted by Gasteiger charge is -1.97. The molecule has 1 rings (SSSR count). The maximum atomic E-state index is 11.3. The molecule has 0 aliphatic heterocycles. The van der Waals surface area contributed by atoms with Crippen LogP contribution in [0.2, 0.25) is 0 Å². The molecule has 0 fully saturated rings. The van der Waals surface area contributed by atoms with Crippen molar-refractivity contribution in [3.63, 3.8) is 0 Å². The minimum atomic E-state index is -3.21. The number of aromatic nitrogens is 2. The summed E-state index contributed by atoms with van der Waals surface area (Å²) in [6, 6.07) is 0. The summed E-state index contributed by atoms with van der Waals surface area (Å²) in [4.78, 5) is 20.7. The Bertz CT molecular complexity index is 545. The van der Waals surface area contributed by atoms with Gasteiger partial charge in [-0.05, 0) is 4.92 Å². The van der Waals surface area contributed by atoms with Gasteiger partial charge in [0.15, 0.2) is 15.4 Å². The number of hydrogen-bond acceptors (Lipinski definition) is 6. The molecule has 2 N–H and O–H groups in total. The third-order valence-corrected chi connectivity index (χ3v) is 3.94. The molecule has 0 radical (unpaired) electrons. The summed E-state index contributed by atoms with van der Waals surface area (Å²) in [7, 11) is -3.21. The van der Waals surface area contributed by atoms with Crippen LogP contribution in [0.25, 0.3) is 0 Å². The second-order valence-corrected chi connectivity index (χ2v) is 5.96. The molecule has 0 unspecified atom stereocenters. The van der Waals surface area contributed by atoms with Crippen molar-refractivity contribution in [3.8, 4) is 0 Å². The van der Waals surface area contributed by atoms with Gasteiger partial charge in [0.2, 0.25) is 0 Å². The third kappa shape index (κ3) is 3.26. The molecule has 0 aliphatic rings. The van der Waals surface area contributed by atoms with Gasteiger partial charge in [-0.3, -0.25) is 4.79 Å². The summed E-state index contributed by atoms with van der Waals surface area (Å²) in [5.74, 6) is -1.89. The molecule has 18 heavy (non-hydrogen) atoms. The number of nitro groups is 1. The Morgan fingerprint density at radius 2 is 2.22 bits per heavy atom. The van der Waals surface area contributed by atoms with Crippen molar-refractivity contribution < 1.29 is 18.1 Å². The predicted molar refractivity (Wildman–Crippen MR) is 61.7 cm³/mol. The lowest BCUT2D eigenvalue weighted by Crippen LogP contribution is -2.15. The molecule has 1 heterocycles. The van der Waals surface area contributed by atoms with Crippen molar-refractivity contribution in [1.29, 1.82) is 0 Å². The number of aryl methyl sites for hydroxylation is 1. The minimum Gasteiger partial charge on any atom is -0.365 e. The molecule has 9 nitrogen and oxygen atoms in total. The molecule has 1 aromatic heterocycles. The van der Waals surface area contributed by atoms with Gasteiger partial charge < -0.3 is 15.8 Å². The quantitative estimate of drug-likeness (QED) is 0.539. The van der Waals surface area contributed by atoms with Crippen LogP contribution in [0.1, 0.15) is 17.3 Å². The zero-order valence-electron chi connectivity index (χ0n) is 9.57. The van der Waals surface area contributed by atoms with Crippen molar-refractivity contribution >= 4 is 21.6 Å². The Morgan fingerprint density at radius 1 is 1.61 bits per heavy atom. The van der Waals surface area contributed by atoms with E-state index in [0.717, 1.165) is 10.9 Å². The first-order chi connectivity index (χ1) is 8.26. The predicted octanol–water partition coefficient (Wildman–Crippen LogP) is -0.675. The van der Waals surface area contributed by atoms with Gasteiger partial charge in [-0.1, -0.05) is 6.92 Å². The van der Waals surface area contributed by atoms with Gasteiger partial charge in [0.05, 0.1) is 23.6 Å². The Kier molecular flexibility index (Phi) is 4.01. The first-order valence-corrected chi connectivity index (χ1v) is 6.81. The van der Waals surface area contributed by atoms with Crippen LogP contribution in [0.3, 0.4) is 0 Å². The van der Waals surface area contributed by atoms with Gasteiger partial charge in [-0.25, -0.2) is 8.42 Å². The molecule has 100 valence electrons. The third-order valence-electron chi connectivity index (χ3n) is 2.25. The first kappa shape index (κ1) is 14.1. The number of nitrogens with two attached hydrogens (primary N) is 1. The average molecular weight is 276 g/mol. The molecule has 1 aromatic rings. The lowest BCUT2D eigenvalue weighted by atomic mass is 10.3. The highest BCUT2D eigenvalue weighted by Crippen LogP contribution is 2.14. The summed E-state index contributed by atoms with van der Waals surface area (Å²) in [5.41, 5.74) is 4.62. The molecular formula is C8H12N4O5S.